The van der Waals surface area contributed by atoms with E-state index in [-0.39, 0.29) is 6.54 Å². The molecule has 1 aromatic rings. The summed E-state index contributed by atoms with van der Waals surface area (Å²) >= 11 is 1.40. The molecule has 7 heteroatoms. The van der Waals surface area contributed by atoms with E-state index < -0.39 is 5.97 Å². The lowest BCUT2D eigenvalue weighted by molar-refractivity contribution is -0.139. The second-order valence-corrected chi connectivity index (χ2v) is 5.54. The zero-order chi connectivity index (χ0) is 13.8. The van der Waals surface area contributed by atoms with E-state index in [1.165, 1.54) is 11.5 Å². The van der Waals surface area contributed by atoms with E-state index in [1.807, 2.05) is 18.7 Å². The third-order valence-corrected chi connectivity index (χ3v) is 4.17. The van der Waals surface area contributed by atoms with Gasteiger partial charge in [0.1, 0.15) is 5.82 Å². The van der Waals surface area contributed by atoms with Crippen molar-refractivity contribution >= 4 is 22.6 Å². The van der Waals surface area contributed by atoms with Gasteiger partial charge in [-0.15, -0.1) is 0 Å². The van der Waals surface area contributed by atoms with Crippen LogP contribution in [0.1, 0.15) is 32.5 Å². The summed E-state index contributed by atoms with van der Waals surface area (Å²) in [5.74, 6) is 0.124. The highest BCUT2D eigenvalue weighted by atomic mass is 32.1. The molecular formula is C12H20N4O2S. The average molecular weight is 284 g/mol. The van der Waals surface area contributed by atoms with Crippen molar-refractivity contribution in [3.63, 3.8) is 0 Å². The Balaban J connectivity index is 1.77. The molecule has 2 N–H and O–H groups in total. The topological polar surface area (TPSA) is 78.4 Å². The Morgan fingerprint density at radius 1 is 1.53 bits per heavy atom. The van der Waals surface area contributed by atoms with Gasteiger partial charge in [0.2, 0.25) is 5.13 Å². The number of rotatable bonds is 7. The Labute approximate surface area is 117 Å². The van der Waals surface area contributed by atoms with Crippen LogP contribution in [0.4, 0.5) is 5.13 Å². The van der Waals surface area contributed by atoms with Gasteiger partial charge in [-0.2, -0.15) is 4.37 Å². The lowest BCUT2D eigenvalue weighted by Gasteiger charge is -2.42. The van der Waals surface area contributed by atoms with Crippen molar-refractivity contribution in [2.24, 2.45) is 0 Å². The molecule has 1 saturated carbocycles. The predicted octanol–water partition coefficient (Wildman–Crippen LogP) is 1.45. The van der Waals surface area contributed by atoms with Gasteiger partial charge >= 0.3 is 5.97 Å². The third-order valence-electron chi connectivity index (χ3n) is 3.49. The van der Waals surface area contributed by atoms with Crippen LogP contribution in [0.25, 0.3) is 0 Å². The smallest absolute Gasteiger partial charge is 0.317 e. The van der Waals surface area contributed by atoms with Crippen LogP contribution in [-0.4, -0.2) is 50.5 Å². The number of aromatic nitrogens is 2. The summed E-state index contributed by atoms with van der Waals surface area (Å²) in [4.78, 5) is 17.1. The van der Waals surface area contributed by atoms with Gasteiger partial charge in [-0.3, -0.25) is 9.69 Å². The summed E-state index contributed by atoms with van der Waals surface area (Å²) in [6.45, 7) is 4.95. The lowest BCUT2D eigenvalue weighted by atomic mass is 9.85. The highest BCUT2D eigenvalue weighted by Crippen LogP contribution is 2.29. The van der Waals surface area contributed by atoms with E-state index in [0.717, 1.165) is 36.8 Å². The Bertz CT molecular complexity index is 431. The first-order valence-electron chi connectivity index (χ1n) is 6.67. The SMILES string of the molecule is CCc1nsc(NC2CC(N(CC)CC(=O)O)C2)n1. The maximum atomic E-state index is 10.7. The van der Waals surface area contributed by atoms with E-state index in [1.54, 1.807) is 0 Å². The van der Waals surface area contributed by atoms with E-state index in [2.05, 4.69) is 14.7 Å². The minimum absolute atomic E-state index is 0.132. The summed E-state index contributed by atoms with van der Waals surface area (Å²) in [5.41, 5.74) is 0. The second-order valence-electron chi connectivity index (χ2n) is 4.79. The zero-order valence-corrected chi connectivity index (χ0v) is 12.1. The van der Waals surface area contributed by atoms with Crippen LogP contribution in [0.15, 0.2) is 0 Å². The molecule has 1 aliphatic rings. The Morgan fingerprint density at radius 3 is 2.79 bits per heavy atom. The van der Waals surface area contributed by atoms with Crippen molar-refractivity contribution in [1.29, 1.82) is 0 Å². The van der Waals surface area contributed by atoms with Gasteiger partial charge in [-0.05, 0) is 19.4 Å². The number of carboxylic acids is 1. The van der Waals surface area contributed by atoms with Crippen LogP contribution in [0, 0.1) is 0 Å². The third kappa shape index (κ3) is 3.63. The largest absolute Gasteiger partial charge is 0.480 e. The molecule has 1 heterocycles. The highest BCUT2D eigenvalue weighted by molar-refractivity contribution is 7.09. The van der Waals surface area contributed by atoms with Crippen LogP contribution < -0.4 is 5.32 Å². The minimum atomic E-state index is -0.755. The number of carbonyl (C=O) groups is 1. The van der Waals surface area contributed by atoms with Crippen molar-refractivity contribution in [3.8, 4) is 0 Å². The van der Waals surface area contributed by atoms with E-state index in [9.17, 15) is 4.79 Å². The van der Waals surface area contributed by atoms with Crippen LogP contribution in [-0.2, 0) is 11.2 Å². The van der Waals surface area contributed by atoms with Crippen molar-refractivity contribution in [2.45, 2.75) is 45.2 Å². The maximum Gasteiger partial charge on any atom is 0.317 e. The summed E-state index contributed by atoms with van der Waals surface area (Å²) in [7, 11) is 0. The van der Waals surface area contributed by atoms with Gasteiger partial charge in [0, 0.05) is 30.0 Å². The van der Waals surface area contributed by atoms with Gasteiger partial charge in [-0.25, -0.2) is 4.98 Å². The van der Waals surface area contributed by atoms with Crippen molar-refractivity contribution in [3.05, 3.63) is 5.82 Å². The summed E-state index contributed by atoms with van der Waals surface area (Å²) in [6, 6.07) is 0.766. The molecule has 0 bridgehead atoms. The molecule has 0 amide bonds. The van der Waals surface area contributed by atoms with Gasteiger partial charge in [0.15, 0.2) is 0 Å². The summed E-state index contributed by atoms with van der Waals surface area (Å²) in [6.07, 6.45) is 2.80. The molecule has 1 fully saturated rings. The highest BCUT2D eigenvalue weighted by Gasteiger charge is 2.34. The molecule has 106 valence electrons. The molecule has 19 heavy (non-hydrogen) atoms. The number of hydrogen-bond donors (Lipinski definition) is 2. The van der Waals surface area contributed by atoms with Crippen molar-refractivity contribution < 1.29 is 9.90 Å². The molecule has 1 aromatic heterocycles. The van der Waals surface area contributed by atoms with E-state index in [0.29, 0.717) is 12.1 Å². The number of nitrogens with zero attached hydrogens (tertiary/aromatic N) is 3. The number of hydrogen-bond acceptors (Lipinski definition) is 6. The van der Waals surface area contributed by atoms with Gasteiger partial charge in [-0.1, -0.05) is 13.8 Å². The molecule has 2 rings (SSSR count). The maximum absolute atomic E-state index is 10.7. The zero-order valence-electron chi connectivity index (χ0n) is 11.3. The van der Waals surface area contributed by atoms with Crippen LogP contribution in [0.2, 0.25) is 0 Å². The molecule has 0 aliphatic heterocycles. The molecule has 0 unspecified atom stereocenters. The Hall–Kier alpha value is -1.21. The van der Waals surface area contributed by atoms with Gasteiger partial charge in [0.05, 0.1) is 6.54 Å². The molecular weight excluding hydrogens is 264 g/mol. The standard InChI is InChI=1S/C12H20N4O2S/c1-3-10-14-12(19-15-10)13-8-5-9(6-8)16(4-2)7-11(17)18/h8-9H,3-7H2,1-2H3,(H,17,18)(H,13,14,15). The average Bonchev–Trinajstić information content (AvgIpc) is 2.78. The molecule has 0 aromatic carbocycles. The number of carboxylic acid groups (broad SMARTS) is 1. The molecule has 1 aliphatic carbocycles. The predicted molar refractivity (Wildman–Crippen MR) is 74.6 cm³/mol. The first kappa shape index (κ1) is 14.2. The number of aryl methyl sites for hydroxylation is 1. The summed E-state index contributed by atoms with van der Waals surface area (Å²) in [5, 5.41) is 13.1. The monoisotopic (exact) mass is 284 g/mol. The Morgan fingerprint density at radius 2 is 2.26 bits per heavy atom. The fraction of sp³-hybridized carbons (Fsp3) is 0.750. The molecule has 0 atom stereocenters. The molecule has 6 nitrogen and oxygen atoms in total. The van der Waals surface area contributed by atoms with Crippen molar-refractivity contribution in [1.82, 2.24) is 14.3 Å². The molecule has 0 saturated heterocycles. The molecule has 0 spiro atoms. The lowest BCUT2D eigenvalue weighted by Crippen LogP contribution is -2.51. The fourth-order valence-electron chi connectivity index (χ4n) is 2.31. The van der Waals surface area contributed by atoms with Gasteiger partial charge < -0.3 is 10.4 Å². The number of anilines is 1. The number of aliphatic carboxylic acids is 1. The number of likely N-dealkylation sites (N-methyl/N-ethyl adjacent to an activating group) is 1. The van der Waals surface area contributed by atoms with E-state index in [4.69, 9.17) is 5.11 Å². The van der Waals surface area contributed by atoms with Gasteiger partial charge in [0.25, 0.3) is 0 Å². The van der Waals surface area contributed by atoms with E-state index >= 15 is 0 Å². The first-order valence-corrected chi connectivity index (χ1v) is 7.44. The van der Waals surface area contributed by atoms with Crippen molar-refractivity contribution in [2.75, 3.05) is 18.4 Å². The summed E-state index contributed by atoms with van der Waals surface area (Å²) < 4.78 is 4.24. The molecule has 0 radical (unpaired) electrons. The second kappa shape index (κ2) is 6.29. The van der Waals surface area contributed by atoms with Crippen LogP contribution in [0.5, 0.6) is 0 Å². The Kier molecular flexibility index (Phi) is 4.71. The van der Waals surface area contributed by atoms with Crippen LogP contribution in [0.3, 0.4) is 0 Å². The normalized spacial score (nSPS) is 22.3. The fourth-order valence-corrected chi connectivity index (χ4v) is 3.03. The first-order chi connectivity index (χ1) is 9.12. The minimum Gasteiger partial charge on any atom is -0.480 e. The number of nitrogens with one attached hydrogen (secondary N) is 1. The quantitative estimate of drug-likeness (QED) is 0.789. The van der Waals surface area contributed by atoms with Crippen LogP contribution >= 0.6 is 11.5 Å².